The van der Waals surface area contributed by atoms with Crippen molar-refractivity contribution in [2.24, 2.45) is 0 Å². The molecule has 138 valence electrons. The molecule has 0 spiro atoms. The third kappa shape index (κ3) is 5.05. The van der Waals surface area contributed by atoms with Gasteiger partial charge in [-0.3, -0.25) is 4.79 Å². The third-order valence-corrected chi connectivity index (χ3v) is 5.63. The first-order chi connectivity index (χ1) is 12.6. The molecule has 1 atom stereocenters. The Bertz CT molecular complexity index is 761. The first kappa shape index (κ1) is 18.4. The van der Waals surface area contributed by atoms with Crippen molar-refractivity contribution in [3.05, 3.63) is 51.5 Å². The number of aryl methyl sites for hydroxylation is 1. The van der Waals surface area contributed by atoms with Crippen molar-refractivity contribution >= 4 is 23.3 Å². The van der Waals surface area contributed by atoms with E-state index in [2.05, 4.69) is 39.9 Å². The smallest absolute Gasteiger partial charge is 0.315 e. The van der Waals surface area contributed by atoms with Gasteiger partial charge in [-0.25, -0.2) is 9.78 Å². The molecular formula is C19H23N3O3S. The Hall–Kier alpha value is -2.41. The van der Waals surface area contributed by atoms with Crippen molar-refractivity contribution in [3.8, 4) is 0 Å². The number of urea groups is 1. The quantitative estimate of drug-likeness (QED) is 0.651. The number of rotatable bonds is 7. The fourth-order valence-electron chi connectivity index (χ4n) is 3.17. The van der Waals surface area contributed by atoms with Gasteiger partial charge in [-0.05, 0) is 37.2 Å². The van der Waals surface area contributed by atoms with Crippen LogP contribution in [0.25, 0.3) is 0 Å². The highest BCUT2D eigenvalue weighted by molar-refractivity contribution is 7.11. The molecule has 1 unspecified atom stereocenters. The second-order valence-corrected chi connectivity index (χ2v) is 7.60. The predicted octanol–water partition coefficient (Wildman–Crippen LogP) is 3.08. The minimum atomic E-state index is -0.852. The number of thiazole rings is 1. The van der Waals surface area contributed by atoms with Crippen molar-refractivity contribution in [1.29, 1.82) is 0 Å². The molecule has 1 aromatic heterocycles. The molecule has 0 radical (unpaired) electrons. The average molecular weight is 373 g/mol. The van der Waals surface area contributed by atoms with Crippen molar-refractivity contribution < 1.29 is 14.7 Å². The molecule has 1 aromatic carbocycles. The van der Waals surface area contributed by atoms with E-state index in [0.717, 1.165) is 24.3 Å². The van der Waals surface area contributed by atoms with Crippen LogP contribution in [-0.4, -0.2) is 28.6 Å². The summed E-state index contributed by atoms with van der Waals surface area (Å²) in [6, 6.07) is 10.3. The number of amides is 2. The molecule has 2 aromatic rings. The largest absolute Gasteiger partial charge is 0.481 e. The molecule has 7 heteroatoms. The number of carbonyl (C=O) groups excluding carboxylic acids is 1. The Morgan fingerprint density at radius 2 is 2.04 bits per heavy atom. The summed E-state index contributed by atoms with van der Waals surface area (Å²) < 4.78 is 0. The lowest BCUT2D eigenvalue weighted by molar-refractivity contribution is -0.137. The molecule has 6 nitrogen and oxygen atoms in total. The zero-order chi connectivity index (χ0) is 18.4. The van der Waals surface area contributed by atoms with Gasteiger partial charge < -0.3 is 15.7 Å². The van der Waals surface area contributed by atoms with Gasteiger partial charge in [0.2, 0.25) is 0 Å². The van der Waals surface area contributed by atoms with E-state index in [0.29, 0.717) is 25.4 Å². The van der Waals surface area contributed by atoms with Crippen LogP contribution in [-0.2, 0) is 24.2 Å². The summed E-state index contributed by atoms with van der Waals surface area (Å²) in [4.78, 5) is 28.2. The summed E-state index contributed by atoms with van der Waals surface area (Å²) in [6.45, 7) is 0.754. The van der Waals surface area contributed by atoms with Crippen molar-refractivity contribution in [2.45, 2.75) is 44.6 Å². The van der Waals surface area contributed by atoms with Crippen LogP contribution >= 0.6 is 11.3 Å². The summed E-state index contributed by atoms with van der Waals surface area (Å²) in [5, 5.41) is 14.9. The number of carbonyl (C=O) groups is 2. The number of carboxylic acids is 1. The van der Waals surface area contributed by atoms with Crippen LogP contribution in [0.1, 0.15) is 46.3 Å². The van der Waals surface area contributed by atoms with Crippen molar-refractivity contribution in [1.82, 2.24) is 15.6 Å². The van der Waals surface area contributed by atoms with E-state index < -0.39 is 5.97 Å². The van der Waals surface area contributed by atoms with Crippen LogP contribution in [0.15, 0.2) is 30.3 Å². The first-order valence-electron chi connectivity index (χ1n) is 8.87. The van der Waals surface area contributed by atoms with Crippen LogP contribution in [0.5, 0.6) is 0 Å². The standard InChI is InChI=1S/C19H23N3O3S/c23-18(24)7-4-10-20-19(25)21-12-17-22-15-9-8-14(11-16(15)26-17)13-5-2-1-3-6-13/h1-3,5-6,14H,4,7-12H2,(H,23,24)(H2,20,21,25). The topological polar surface area (TPSA) is 91.3 Å². The van der Waals surface area contributed by atoms with E-state index >= 15 is 0 Å². The second kappa shape index (κ2) is 8.80. The number of hydrogen-bond donors (Lipinski definition) is 3. The van der Waals surface area contributed by atoms with E-state index in [9.17, 15) is 9.59 Å². The van der Waals surface area contributed by atoms with Crippen LogP contribution in [0.3, 0.4) is 0 Å². The third-order valence-electron chi connectivity index (χ3n) is 4.51. The van der Waals surface area contributed by atoms with Crippen LogP contribution in [0, 0.1) is 0 Å². The minimum Gasteiger partial charge on any atom is -0.481 e. The molecule has 3 rings (SSSR count). The maximum atomic E-state index is 11.7. The summed E-state index contributed by atoms with van der Waals surface area (Å²) in [7, 11) is 0. The Morgan fingerprint density at radius 3 is 2.81 bits per heavy atom. The van der Waals surface area contributed by atoms with E-state index in [-0.39, 0.29) is 12.5 Å². The molecule has 0 aliphatic heterocycles. The summed E-state index contributed by atoms with van der Waals surface area (Å²) in [5.41, 5.74) is 2.55. The van der Waals surface area contributed by atoms with Crippen LogP contribution in [0.4, 0.5) is 4.79 Å². The Labute approximate surface area is 156 Å². The first-order valence-corrected chi connectivity index (χ1v) is 9.69. The highest BCUT2D eigenvalue weighted by Crippen LogP contribution is 2.35. The number of aliphatic carboxylic acids is 1. The number of fused-ring (bicyclic) bond motifs is 1. The van der Waals surface area contributed by atoms with Crippen molar-refractivity contribution in [2.75, 3.05) is 6.54 Å². The van der Waals surface area contributed by atoms with Gasteiger partial charge in [0.25, 0.3) is 0 Å². The molecular weight excluding hydrogens is 350 g/mol. The van der Waals surface area contributed by atoms with Gasteiger partial charge in [0.15, 0.2) is 0 Å². The van der Waals surface area contributed by atoms with Gasteiger partial charge in [0.05, 0.1) is 12.2 Å². The maximum absolute atomic E-state index is 11.7. The number of carboxylic acid groups (broad SMARTS) is 1. The molecule has 2 amide bonds. The molecule has 1 aliphatic carbocycles. The predicted molar refractivity (Wildman–Crippen MR) is 100 cm³/mol. The van der Waals surface area contributed by atoms with Gasteiger partial charge >= 0.3 is 12.0 Å². The average Bonchev–Trinajstić information content (AvgIpc) is 3.06. The van der Waals surface area contributed by atoms with Gasteiger partial charge in [-0.15, -0.1) is 11.3 Å². The second-order valence-electron chi connectivity index (χ2n) is 6.43. The SMILES string of the molecule is O=C(O)CCCNC(=O)NCc1nc2c(s1)CC(c1ccccc1)CC2. The van der Waals surface area contributed by atoms with E-state index in [1.54, 1.807) is 11.3 Å². The molecule has 0 fully saturated rings. The number of nitrogens with one attached hydrogen (secondary N) is 2. The number of aromatic nitrogens is 1. The summed E-state index contributed by atoms with van der Waals surface area (Å²) in [6.07, 6.45) is 3.58. The molecule has 1 heterocycles. The highest BCUT2D eigenvalue weighted by atomic mass is 32.1. The van der Waals surface area contributed by atoms with Gasteiger partial charge in [-0.1, -0.05) is 30.3 Å². The summed E-state index contributed by atoms with van der Waals surface area (Å²) in [5.74, 6) is -0.308. The molecule has 26 heavy (non-hydrogen) atoms. The van der Waals surface area contributed by atoms with Gasteiger partial charge in [-0.2, -0.15) is 0 Å². The van der Waals surface area contributed by atoms with E-state index in [1.807, 2.05) is 6.07 Å². The lowest BCUT2D eigenvalue weighted by Gasteiger charge is -2.21. The van der Waals surface area contributed by atoms with Crippen molar-refractivity contribution in [3.63, 3.8) is 0 Å². The maximum Gasteiger partial charge on any atom is 0.315 e. The molecule has 1 aliphatic rings. The number of hydrogen-bond acceptors (Lipinski definition) is 4. The fraction of sp³-hybridized carbons (Fsp3) is 0.421. The monoisotopic (exact) mass is 373 g/mol. The van der Waals surface area contributed by atoms with E-state index in [4.69, 9.17) is 5.11 Å². The molecule has 0 bridgehead atoms. The van der Waals surface area contributed by atoms with Gasteiger partial charge in [0, 0.05) is 17.8 Å². The zero-order valence-corrected chi connectivity index (χ0v) is 15.3. The van der Waals surface area contributed by atoms with E-state index in [1.165, 1.54) is 16.1 Å². The number of nitrogens with zero attached hydrogens (tertiary/aromatic N) is 1. The molecule has 3 N–H and O–H groups in total. The summed E-state index contributed by atoms with van der Waals surface area (Å²) >= 11 is 1.68. The highest BCUT2D eigenvalue weighted by Gasteiger charge is 2.23. The Balaban J connectivity index is 1.47. The molecule has 0 saturated carbocycles. The fourth-order valence-corrected chi connectivity index (χ4v) is 4.31. The normalized spacial score (nSPS) is 15.9. The molecule has 0 saturated heterocycles. The zero-order valence-electron chi connectivity index (χ0n) is 14.5. The van der Waals surface area contributed by atoms with Gasteiger partial charge in [0.1, 0.15) is 5.01 Å². The lowest BCUT2D eigenvalue weighted by atomic mass is 9.85. The van der Waals surface area contributed by atoms with Crippen LogP contribution in [0.2, 0.25) is 0 Å². The Morgan fingerprint density at radius 1 is 1.23 bits per heavy atom. The minimum absolute atomic E-state index is 0.0576. The Kier molecular flexibility index (Phi) is 6.22. The number of benzene rings is 1. The lowest BCUT2D eigenvalue weighted by Crippen LogP contribution is -2.35. The van der Waals surface area contributed by atoms with Crippen LogP contribution < -0.4 is 10.6 Å².